The summed E-state index contributed by atoms with van der Waals surface area (Å²) in [7, 11) is 0. The third-order valence-electron chi connectivity index (χ3n) is 4.61. The fourth-order valence-corrected chi connectivity index (χ4v) is 4.14. The number of nitrogens with zero attached hydrogens (tertiary/aromatic N) is 3. The van der Waals surface area contributed by atoms with Gasteiger partial charge in [-0.05, 0) is 35.9 Å². The second kappa shape index (κ2) is 7.40. The highest BCUT2D eigenvalue weighted by Gasteiger charge is 2.11. The maximum Gasteiger partial charge on any atom is 0.256 e. The summed E-state index contributed by atoms with van der Waals surface area (Å²) in [5.41, 5.74) is 4.16. The number of anilines is 1. The second-order valence-corrected chi connectivity index (χ2v) is 7.46. The number of benzene rings is 2. The molecule has 0 aliphatic carbocycles. The quantitative estimate of drug-likeness (QED) is 0.300. The Labute approximate surface area is 170 Å². The van der Waals surface area contributed by atoms with Crippen molar-refractivity contribution in [1.82, 2.24) is 25.1 Å². The Bertz CT molecular complexity index is 1330. The number of hydrogen-bond acceptors (Lipinski definition) is 5. The minimum absolute atomic E-state index is 0.129. The van der Waals surface area contributed by atoms with E-state index in [2.05, 4.69) is 30.5 Å². The molecule has 0 saturated heterocycles. The first kappa shape index (κ1) is 17.4. The monoisotopic (exact) mass is 400 g/mol. The van der Waals surface area contributed by atoms with Crippen LogP contribution in [0, 0.1) is 0 Å². The molecule has 5 aromatic rings. The fraction of sp³-hybridized carbons (Fsp3) is 0.0476. The maximum atomic E-state index is 12.8. The van der Waals surface area contributed by atoms with Gasteiger partial charge in [-0.25, -0.2) is 9.97 Å². The van der Waals surface area contributed by atoms with Crippen LogP contribution >= 0.6 is 11.8 Å². The molecule has 1 amide bonds. The van der Waals surface area contributed by atoms with E-state index in [0.717, 1.165) is 38.2 Å². The summed E-state index contributed by atoms with van der Waals surface area (Å²) < 4.78 is 0. The van der Waals surface area contributed by atoms with Crippen LogP contribution in [0.2, 0.25) is 0 Å². The Balaban J connectivity index is 1.33. The number of rotatable bonds is 5. The third kappa shape index (κ3) is 3.45. The molecule has 3 heterocycles. The predicted octanol–water partition coefficient (Wildman–Crippen LogP) is 4.38. The number of H-pyrrole nitrogens is 2. The molecule has 8 heteroatoms. The van der Waals surface area contributed by atoms with Crippen LogP contribution < -0.4 is 5.32 Å². The highest BCUT2D eigenvalue weighted by atomic mass is 32.2. The summed E-state index contributed by atoms with van der Waals surface area (Å²) in [6.45, 7) is 0. The van der Waals surface area contributed by atoms with Gasteiger partial charge >= 0.3 is 0 Å². The highest BCUT2D eigenvalue weighted by molar-refractivity contribution is 7.98. The van der Waals surface area contributed by atoms with Crippen LogP contribution in [-0.4, -0.2) is 31.1 Å². The normalized spacial score (nSPS) is 11.2. The number of carbonyl (C=O) groups excluding carboxylic acids is 1. The molecule has 0 atom stereocenters. The van der Waals surface area contributed by atoms with Gasteiger partial charge in [0.25, 0.3) is 5.91 Å². The molecule has 0 saturated carbocycles. The van der Waals surface area contributed by atoms with Crippen molar-refractivity contribution in [3.05, 3.63) is 78.4 Å². The van der Waals surface area contributed by atoms with Crippen molar-refractivity contribution in [3.63, 3.8) is 0 Å². The van der Waals surface area contributed by atoms with Crippen molar-refractivity contribution < 1.29 is 4.79 Å². The molecule has 5 rings (SSSR count). The van der Waals surface area contributed by atoms with Crippen molar-refractivity contribution in [1.29, 1.82) is 0 Å². The van der Waals surface area contributed by atoms with E-state index in [0.29, 0.717) is 11.3 Å². The van der Waals surface area contributed by atoms with Gasteiger partial charge in [-0.2, -0.15) is 5.10 Å². The predicted molar refractivity (Wildman–Crippen MR) is 114 cm³/mol. The largest absolute Gasteiger partial charge is 0.361 e. The van der Waals surface area contributed by atoms with Gasteiger partial charge in [-0.1, -0.05) is 18.2 Å². The van der Waals surface area contributed by atoms with Crippen molar-refractivity contribution in [2.45, 2.75) is 10.8 Å². The lowest BCUT2D eigenvalue weighted by Gasteiger charge is -2.08. The second-order valence-electron chi connectivity index (χ2n) is 6.50. The Morgan fingerprint density at radius 2 is 2.00 bits per heavy atom. The molecule has 0 fully saturated rings. The zero-order valence-electron chi connectivity index (χ0n) is 15.2. The molecule has 2 aromatic carbocycles. The van der Waals surface area contributed by atoms with E-state index in [1.54, 1.807) is 18.0 Å². The van der Waals surface area contributed by atoms with E-state index in [1.165, 1.54) is 6.33 Å². The van der Waals surface area contributed by atoms with Crippen molar-refractivity contribution >= 4 is 45.3 Å². The molecular formula is C21H16N6OS. The Morgan fingerprint density at radius 3 is 2.97 bits per heavy atom. The molecular weight excluding hydrogens is 384 g/mol. The van der Waals surface area contributed by atoms with Gasteiger partial charge in [0.2, 0.25) is 0 Å². The van der Waals surface area contributed by atoms with Gasteiger partial charge < -0.3 is 10.3 Å². The van der Waals surface area contributed by atoms with Crippen molar-refractivity contribution in [2.75, 3.05) is 5.32 Å². The van der Waals surface area contributed by atoms with E-state index >= 15 is 0 Å². The van der Waals surface area contributed by atoms with Crippen LogP contribution in [0.3, 0.4) is 0 Å². The Kier molecular flexibility index (Phi) is 4.45. The van der Waals surface area contributed by atoms with Gasteiger partial charge in [-0.15, -0.1) is 11.8 Å². The van der Waals surface area contributed by atoms with Gasteiger partial charge in [0, 0.05) is 34.1 Å². The van der Waals surface area contributed by atoms with Crippen LogP contribution in [0.1, 0.15) is 15.9 Å². The van der Waals surface area contributed by atoms with Crippen molar-refractivity contribution in [2.24, 2.45) is 0 Å². The van der Waals surface area contributed by atoms with Gasteiger partial charge in [0.15, 0.2) is 5.65 Å². The van der Waals surface area contributed by atoms with Crippen LogP contribution in [0.4, 0.5) is 5.69 Å². The van der Waals surface area contributed by atoms with Gasteiger partial charge in [0.1, 0.15) is 11.4 Å². The minimum atomic E-state index is -0.129. The molecule has 0 unspecified atom stereocenters. The topological polar surface area (TPSA) is 99.3 Å². The number of aromatic amines is 2. The molecule has 0 aliphatic rings. The first-order chi connectivity index (χ1) is 14.3. The van der Waals surface area contributed by atoms with Crippen LogP contribution in [0.5, 0.6) is 0 Å². The number of fused-ring (bicyclic) bond motifs is 2. The summed E-state index contributed by atoms with van der Waals surface area (Å²) >= 11 is 1.61. The SMILES string of the molecule is O=C(Nc1cccc(CSc2ncnc3[nH]ncc23)c1)c1cccc2[nH]ccc12. The standard InChI is InChI=1S/C21H16N6OS/c28-20(16-5-2-6-18-15(16)7-8-22-18)26-14-4-1-3-13(9-14)11-29-21-17-10-25-27-19(17)23-12-24-21/h1-10,12,22H,11H2,(H,26,28)(H,23,24,25,27). The van der Waals surface area contributed by atoms with E-state index < -0.39 is 0 Å². The summed E-state index contributed by atoms with van der Waals surface area (Å²) in [6, 6.07) is 15.4. The Hall–Kier alpha value is -3.65. The van der Waals surface area contributed by atoms with Crippen LogP contribution in [0.25, 0.3) is 21.9 Å². The lowest BCUT2D eigenvalue weighted by Crippen LogP contribution is -2.12. The lowest BCUT2D eigenvalue weighted by molar-refractivity contribution is 0.102. The zero-order valence-corrected chi connectivity index (χ0v) is 16.0. The first-order valence-corrected chi connectivity index (χ1v) is 10.00. The number of amides is 1. The minimum Gasteiger partial charge on any atom is -0.361 e. The fourth-order valence-electron chi connectivity index (χ4n) is 3.23. The molecule has 3 N–H and O–H groups in total. The molecule has 29 heavy (non-hydrogen) atoms. The number of carbonyl (C=O) groups is 1. The van der Waals surface area contributed by atoms with Gasteiger partial charge in [-0.3, -0.25) is 9.89 Å². The van der Waals surface area contributed by atoms with E-state index in [9.17, 15) is 4.79 Å². The molecule has 142 valence electrons. The summed E-state index contributed by atoms with van der Waals surface area (Å²) in [4.78, 5) is 24.4. The lowest BCUT2D eigenvalue weighted by atomic mass is 10.1. The smallest absolute Gasteiger partial charge is 0.256 e. The molecule has 0 bridgehead atoms. The number of aromatic nitrogens is 5. The van der Waals surface area contributed by atoms with Crippen molar-refractivity contribution in [3.8, 4) is 0 Å². The zero-order chi connectivity index (χ0) is 19.6. The number of hydrogen-bond donors (Lipinski definition) is 3. The summed E-state index contributed by atoms with van der Waals surface area (Å²) in [6.07, 6.45) is 5.10. The average Bonchev–Trinajstić information content (AvgIpc) is 3.41. The van der Waals surface area contributed by atoms with Gasteiger partial charge in [0.05, 0.1) is 11.6 Å². The van der Waals surface area contributed by atoms with Crippen LogP contribution in [-0.2, 0) is 5.75 Å². The summed E-state index contributed by atoms with van der Waals surface area (Å²) in [5.74, 6) is 0.588. The van der Waals surface area contributed by atoms with E-state index in [1.807, 2.05) is 54.7 Å². The molecule has 0 radical (unpaired) electrons. The third-order valence-corrected chi connectivity index (χ3v) is 5.69. The molecule has 7 nitrogen and oxygen atoms in total. The maximum absolute atomic E-state index is 12.8. The number of thioether (sulfide) groups is 1. The number of nitrogens with one attached hydrogen (secondary N) is 3. The highest BCUT2D eigenvalue weighted by Crippen LogP contribution is 2.27. The average molecular weight is 400 g/mol. The Morgan fingerprint density at radius 1 is 1.07 bits per heavy atom. The molecule has 3 aromatic heterocycles. The summed E-state index contributed by atoms with van der Waals surface area (Å²) in [5, 5.41) is 12.6. The molecule has 0 spiro atoms. The first-order valence-electron chi connectivity index (χ1n) is 9.01. The molecule has 0 aliphatic heterocycles. The van der Waals surface area contributed by atoms with E-state index in [-0.39, 0.29) is 5.91 Å². The van der Waals surface area contributed by atoms with E-state index in [4.69, 9.17) is 0 Å². The van der Waals surface area contributed by atoms with Crippen LogP contribution in [0.15, 0.2) is 72.3 Å².